The molecule has 3 N–H and O–H groups in total. The van der Waals surface area contributed by atoms with Crippen LogP contribution >= 0.6 is 0 Å². The van der Waals surface area contributed by atoms with Gasteiger partial charge in [0.05, 0.1) is 0 Å². The van der Waals surface area contributed by atoms with Gasteiger partial charge in [-0.3, -0.25) is 4.79 Å². The Morgan fingerprint density at radius 1 is 1.23 bits per heavy atom. The summed E-state index contributed by atoms with van der Waals surface area (Å²) in [5, 5.41) is 9.66. The van der Waals surface area contributed by atoms with Crippen LogP contribution in [0.2, 0.25) is 0 Å². The number of hydrogen-bond acceptors (Lipinski definition) is 2. The van der Waals surface area contributed by atoms with Crippen molar-refractivity contribution in [3.05, 3.63) is 35.8 Å². The largest absolute Gasteiger partial charge is 0.481 e. The molecule has 1 heterocycles. The highest BCUT2D eigenvalue weighted by Gasteiger charge is 2.10. The van der Waals surface area contributed by atoms with Crippen molar-refractivity contribution in [1.82, 2.24) is 4.57 Å². The van der Waals surface area contributed by atoms with E-state index in [4.69, 9.17) is 10.8 Å². The van der Waals surface area contributed by atoms with Gasteiger partial charge in [0, 0.05) is 30.1 Å². The van der Waals surface area contributed by atoms with E-state index in [-0.39, 0.29) is 12.2 Å². The number of unbranched alkanes of at least 4 members (excludes halogenated alkanes) is 3. The summed E-state index contributed by atoms with van der Waals surface area (Å²) in [5.41, 5.74) is 7.36. The fourth-order valence-electron chi connectivity index (χ4n) is 2.75. The van der Waals surface area contributed by atoms with Crippen molar-refractivity contribution in [2.24, 2.45) is 5.73 Å². The predicted octanol–water partition coefficient (Wildman–Crippen LogP) is 3.32. The zero-order valence-corrected chi connectivity index (χ0v) is 12.7. The van der Waals surface area contributed by atoms with Crippen LogP contribution in [0.3, 0.4) is 0 Å². The summed E-state index contributed by atoms with van der Waals surface area (Å²) in [5.74, 6) is -1.12. The van der Waals surface area contributed by atoms with Gasteiger partial charge in [0.15, 0.2) is 0 Å². The number of hydrogen-bond donors (Lipinski definition) is 2. The van der Waals surface area contributed by atoms with E-state index >= 15 is 0 Å². The Kier molecular flexibility index (Phi) is 5.95. The van der Waals surface area contributed by atoms with Gasteiger partial charge in [-0.05, 0) is 49.6 Å². The smallest absolute Gasteiger partial charge is 0.303 e. The van der Waals surface area contributed by atoms with Crippen molar-refractivity contribution >= 4 is 16.9 Å². The molecular formula is C17H23FN2O2. The summed E-state index contributed by atoms with van der Waals surface area (Å²) in [6, 6.07) is 4.72. The van der Waals surface area contributed by atoms with Crippen LogP contribution < -0.4 is 5.73 Å². The van der Waals surface area contributed by atoms with Crippen molar-refractivity contribution in [2.45, 2.75) is 45.1 Å². The third-order valence-electron chi connectivity index (χ3n) is 3.89. The van der Waals surface area contributed by atoms with Gasteiger partial charge in [-0.25, -0.2) is 4.39 Å². The molecule has 0 bridgehead atoms. The van der Waals surface area contributed by atoms with Gasteiger partial charge in [-0.15, -0.1) is 0 Å². The molecule has 0 saturated carbocycles. The number of nitrogens with two attached hydrogens (primary N) is 1. The fraction of sp³-hybridized carbons (Fsp3) is 0.471. The van der Waals surface area contributed by atoms with E-state index < -0.39 is 5.97 Å². The third-order valence-corrected chi connectivity index (χ3v) is 3.89. The Hall–Kier alpha value is -1.88. The second kappa shape index (κ2) is 7.94. The van der Waals surface area contributed by atoms with Gasteiger partial charge in [-0.1, -0.05) is 12.8 Å². The summed E-state index contributed by atoms with van der Waals surface area (Å²) in [7, 11) is 0. The monoisotopic (exact) mass is 306 g/mol. The van der Waals surface area contributed by atoms with Gasteiger partial charge in [-0.2, -0.15) is 0 Å². The van der Waals surface area contributed by atoms with Crippen LogP contribution in [0.25, 0.3) is 10.9 Å². The van der Waals surface area contributed by atoms with E-state index in [1.165, 1.54) is 12.1 Å². The lowest BCUT2D eigenvalue weighted by Crippen LogP contribution is -2.00. The highest BCUT2D eigenvalue weighted by Crippen LogP contribution is 2.24. The van der Waals surface area contributed by atoms with Crippen LogP contribution in [0.5, 0.6) is 0 Å². The maximum absolute atomic E-state index is 13.5. The summed E-state index contributed by atoms with van der Waals surface area (Å²) in [6.45, 7) is 1.59. The molecule has 1 aromatic heterocycles. The molecule has 0 radical (unpaired) electrons. The van der Waals surface area contributed by atoms with E-state index in [0.717, 1.165) is 55.2 Å². The fourth-order valence-corrected chi connectivity index (χ4v) is 2.75. The standard InChI is InChI=1S/C17H23FN2O2/c18-14-6-7-16-15(11-14)13(5-8-17(21)22)12-20(16)10-4-2-1-3-9-19/h6-7,11-12H,1-5,8-10,19H2,(H,21,22). The number of carboxylic acids is 1. The highest BCUT2D eigenvalue weighted by molar-refractivity contribution is 5.84. The van der Waals surface area contributed by atoms with Crippen LogP contribution in [0, 0.1) is 5.82 Å². The Morgan fingerprint density at radius 3 is 2.73 bits per heavy atom. The average molecular weight is 306 g/mol. The first kappa shape index (κ1) is 16.5. The zero-order chi connectivity index (χ0) is 15.9. The molecular weight excluding hydrogens is 283 g/mol. The highest BCUT2D eigenvalue weighted by atomic mass is 19.1. The summed E-state index contributed by atoms with van der Waals surface area (Å²) < 4.78 is 15.6. The molecule has 5 heteroatoms. The maximum atomic E-state index is 13.5. The van der Waals surface area contributed by atoms with E-state index in [1.807, 2.05) is 6.20 Å². The van der Waals surface area contributed by atoms with Gasteiger partial charge >= 0.3 is 5.97 Å². The molecule has 22 heavy (non-hydrogen) atoms. The molecule has 2 rings (SSSR count). The van der Waals surface area contributed by atoms with E-state index in [0.29, 0.717) is 6.42 Å². The molecule has 1 aromatic carbocycles. The number of carboxylic acid groups (broad SMARTS) is 1. The van der Waals surface area contributed by atoms with Crippen molar-refractivity contribution < 1.29 is 14.3 Å². The molecule has 120 valence electrons. The van der Waals surface area contributed by atoms with E-state index in [2.05, 4.69) is 4.57 Å². The number of rotatable bonds is 9. The van der Waals surface area contributed by atoms with Gasteiger partial charge in [0.25, 0.3) is 0 Å². The second-order valence-electron chi connectivity index (χ2n) is 5.61. The van der Waals surface area contributed by atoms with Gasteiger partial charge in [0.2, 0.25) is 0 Å². The number of nitrogens with zero attached hydrogens (tertiary/aromatic N) is 1. The third kappa shape index (κ3) is 4.31. The summed E-state index contributed by atoms with van der Waals surface area (Å²) in [4.78, 5) is 10.8. The topological polar surface area (TPSA) is 68.2 Å². The Bertz CT molecular complexity index is 637. The second-order valence-corrected chi connectivity index (χ2v) is 5.61. The average Bonchev–Trinajstić information content (AvgIpc) is 2.82. The molecule has 0 amide bonds. The Labute approximate surface area is 129 Å². The molecule has 0 aliphatic rings. The SMILES string of the molecule is NCCCCCCn1cc(CCC(=O)O)c2cc(F)ccc21. The summed E-state index contributed by atoms with van der Waals surface area (Å²) >= 11 is 0. The quantitative estimate of drug-likeness (QED) is 0.698. The number of aryl methyl sites for hydroxylation is 2. The number of halogens is 1. The molecule has 0 spiro atoms. The van der Waals surface area contributed by atoms with Crippen LogP contribution in [-0.4, -0.2) is 22.2 Å². The molecule has 4 nitrogen and oxygen atoms in total. The maximum Gasteiger partial charge on any atom is 0.303 e. The molecule has 0 atom stereocenters. The first-order valence-corrected chi connectivity index (χ1v) is 7.81. The summed E-state index contributed by atoms with van der Waals surface area (Å²) in [6.07, 6.45) is 6.78. The van der Waals surface area contributed by atoms with Crippen molar-refractivity contribution in [1.29, 1.82) is 0 Å². The van der Waals surface area contributed by atoms with E-state index in [1.54, 1.807) is 6.07 Å². The van der Waals surface area contributed by atoms with Gasteiger partial charge in [0.1, 0.15) is 5.82 Å². The first-order valence-electron chi connectivity index (χ1n) is 7.81. The van der Waals surface area contributed by atoms with Crippen LogP contribution in [0.4, 0.5) is 4.39 Å². The molecule has 2 aromatic rings. The Morgan fingerprint density at radius 2 is 2.00 bits per heavy atom. The zero-order valence-electron chi connectivity index (χ0n) is 12.7. The number of carbonyl (C=O) groups is 1. The molecule has 0 fully saturated rings. The van der Waals surface area contributed by atoms with Crippen LogP contribution in [0.15, 0.2) is 24.4 Å². The Balaban J connectivity index is 2.13. The van der Waals surface area contributed by atoms with E-state index in [9.17, 15) is 9.18 Å². The lowest BCUT2D eigenvalue weighted by molar-refractivity contribution is -0.136. The normalized spacial score (nSPS) is 11.2. The predicted molar refractivity (Wildman–Crippen MR) is 85.4 cm³/mol. The van der Waals surface area contributed by atoms with Gasteiger partial charge < -0.3 is 15.4 Å². The lowest BCUT2D eigenvalue weighted by Gasteiger charge is -2.05. The van der Waals surface area contributed by atoms with Crippen LogP contribution in [-0.2, 0) is 17.8 Å². The molecule has 0 saturated heterocycles. The molecule has 0 aliphatic carbocycles. The minimum atomic E-state index is -0.834. The van der Waals surface area contributed by atoms with Crippen molar-refractivity contribution in [3.8, 4) is 0 Å². The molecule has 0 unspecified atom stereocenters. The number of fused-ring (bicyclic) bond motifs is 1. The van der Waals surface area contributed by atoms with Crippen LogP contribution in [0.1, 0.15) is 37.7 Å². The van der Waals surface area contributed by atoms with Crippen molar-refractivity contribution in [2.75, 3.05) is 6.54 Å². The lowest BCUT2D eigenvalue weighted by atomic mass is 10.1. The minimum absolute atomic E-state index is 0.0616. The molecule has 0 aliphatic heterocycles. The number of aliphatic carboxylic acids is 1. The first-order chi connectivity index (χ1) is 10.6. The number of benzene rings is 1. The van der Waals surface area contributed by atoms with Crippen molar-refractivity contribution in [3.63, 3.8) is 0 Å². The minimum Gasteiger partial charge on any atom is -0.481 e. The number of aromatic nitrogens is 1.